The molecule has 0 atom stereocenters. The van der Waals surface area contributed by atoms with Gasteiger partial charge in [0.2, 0.25) is 3.57 Å². The highest BCUT2D eigenvalue weighted by Gasteiger charge is 2.25. The Labute approximate surface area is 84.4 Å². The Morgan fingerprint density at radius 2 is 1.69 bits per heavy atom. The molecule has 0 N–H and O–H groups in total. The van der Waals surface area contributed by atoms with E-state index < -0.39 is 27.4 Å². The summed E-state index contributed by atoms with van der Waals surface area (Å²) in [6.45, 7) is 0. The summed E-state index contributed by atoms with van der Waals surface area (Å²) in [7, 11) is 0. The van der Waals surface area contributed by atoms with Crippen LogP contribution >= 0.6 is 0 Å². The van der Waals surface area contributed by atoms with Crippen LogP contribution in [0.4, 0.5) is 13.2 Å². The first kappa shape index (κ1) is 10.4. The quantitative estimate of drug-likeness (QED) is 0.483. The van der Waals surface area contributed by atoms with Crippen molar-refractivity contribution in [3.05, 3.63) is 33.9 Å². The van der Waals surface area contributed by atoms with Gasteiger partial charge in [-0.3, -0.25) is 0 Å². The van der Waals surface area contributed by atoms with E-state index >= 15 is 0 Å². The van der Waals surface area contributed by atoms with Gasteiger partial charge in [0.25, 0.3) is 0 Å². The van der Waals surface area contributed by atoms with Crippen LogP contribution in [0.1, 0.15) is 0 Å². The summed E-state index contributed by atoms with van der Waals surface area (Å²) in [5.41, 5.74) is 0. The Bertz CT molecular complexity index is 318. The minimum atomic E-state index is -4.35. The summed E-state index contributed by atoms with van der Waals surface area (Å²) in [5, 5.41) is 0. The van der Waals surface area contributed by atoms with Gasteiger partial charge in [0, 0.05) is 0 Å². The van der Waals surface area contributed by atoms with Gasteiger partial charge >= 0.3 is 27.4 Å². The fraction of sp³-hybridized carbons (Fsp3) is 0.111. The van der Waals surface area contributed by atoms with Crippen LogP contribution in [0.3, 0.4) is 0 Å². The van der Waals surface area contributed by atoms with Crippen LogP contribution in [0.15, 0.2) is 30.3 Å². The third-order valence-corrected chi connectivity index (χ3v) is 2.96. The number of hydrogen-bond acceptors (Lipinski definition) is 0. The molecule has 0 saturated heterocycles. The molecule has 0 radical (unpaired) electrons. The van der Waals surface area contributed by atoms with E-state index in [2.05, 4.69) is 3.93 Å². The first-order valence-electron chi connectivity index (χ1n) is 3.36. The lowest BCUT2D eigenvalue weighted by molar-refractivity contribution is -0.535. The summed E-state index contributed by atoms with van der Waals surface area (Å²) < 4.78 is 37.9. The van der Waals surface area contributed by atoms with E-state index in [1.807, 2.05) is 6.07 Å². The van der Waals surface area contributed by atoms with Crippen molar-refractivity contribution in [2.75, 3.05) is 0 Å². The molecule has 0 amide bonds. The molecule has 0 nitrogen and oxygen atoms in total. The maximum atomic E-state index is 11.6. The lowest BCUT2D eigenvalue weighted by atomic mass is 10.4. The van der Waals surface area contributed by atoms with Crippen LogP contribution in [0.25, 0.3) is 0 Å². The molecule has 1 rings (SSSR count). The smallest absolute Gasteiger partial charge is 0.158 e. The van der Waals surface area contributed by atoms with Crippen molar-refractivity contribution in [3.63, 3.8) is 0 Å². The highest BCUT2D eigenvalue weighted by Crippen LogP contribution is 2.10. The number of benzene rings is 1. The van der Waals surface area contributed by atoms with Crippen LogP contribution in [0, 0.1) is 13.4 Å². The number of hydrogen-bond donors (Lipinski definition) is 0. The Hall–Kier alpha value is -0.700. The second-order valence-electron chi connectivity index (χ2n) is 2.11. The van der Waals surface area contributed by atoms with Crippen LogP contribution in [-0.2, 0) is 0 Å². The van der Waals surface area contributed by atoms with Gasteiger partial charge in [-0.15, -0.1) is 0 Å². The van der Waals surface area contributed by atoms with Gasteiger partial charge in [-0.25, -0.2) is 0 Å². The van der Waals surface area contributed by atoms with Crippen LogP contribution in [-0.4, -0.2) is 6.18 Å². The summed E-state index contributed by atoms with van der Waals surface area (Å²) >= 11 is -0.820. The molecule has 0 saturated carbocycles. The Kier molecular flexibility index (Phi) is 3.60. The van der Waals surface area contributed by atoms with Gasteiger partial charge in [-0.2, -0.15) is 13.2 Å². The Balaban J connectivity index is 2.56. The van der Waals surface area contributed by atoms with Crippen LogP contribution in [0.2, 0.25) is 0 Å². The van der Waals surface area contributed by atoms with E-state index in [9.17, 15) is 13.2 Å². The largest absolute Gasteiger partial charge is 0.461 e. The maximum absolute atomic E-state index is 11.6. The Morgan fingerprint density at radius 3 is 2.23 bits per heavy atom. The second kappa shape index (κ2) is 4.51. The molecule has 0 fully saturated rings. The average molecular weight is 297 g/mol. The average Bonchev–Trinajstić information content (AvgIpc) is 2.04. The fourth-order valence-corrected chi connectivity index (χ4v) is 2.14. The minimum Gasteiger partial charge on any atom is -0.158 e. The summed E-state index contributed by atoms with van der Waals surface area (Å²) in [6, 6.07) is 9.00. The molecule has 0 bridgehead atoms. The normalized spacial score (nSPS) is 10.4. The molecular formula is C9H5F3I+. The molecule has 0 unspecified atom stereocenters. The molecule has 0 spiro atoms. The molecule has 1 aromatic rings. The molecule has 13 heavy (non-hydrogen) atoms. The van der Waals surface area contributed by atoms with Gasteiger partial charge in [0.15, 0.2) is 3.93 Å². The predicted molar refractivity (Wildman–Crippen MR) is 39.0 cm³/mol. The monoisotopic (exact) mass is 297 g/mol. The van der Waals surface area contributed by atoms with E-state index in [-0.39, 0.29) is 0 Å². The molecule has 68 valence electrons. The van der Waals surface area contributed by atoms with Crippen molar-refractivity contribution in [3.8, 4) is 9.85 Å². The number of halogens is 4. The minimum absolute atomic E-state index is 0.820. The zero-order chi connectivity index (χ0) is 9.73. The highest BCUT2D eigenvalue weighted by atomic mass is 127. The summed E-state index contributed by atoms with van der Waals surface area (Å²) in [5.74, 6) is 1.27. The molecule has 0 aliphatic carbocycles. The summed E-state index contributed by atoms with van der Waals surface area (Å²) in [4.78, 5) is 0. The van der Waals surface area contributed by atoms with Crippen LogP contribution < -0.4 is 21.2 Å². The predicted octanol–water partition coefficient (Wildman–Crippen LogP) is -0.532. The second-order valence-corrected chi connectivity index (χ2v) is 4.43. The molecular weight excluding hydrogens is 292 g/mol. The van der Waals surface area contributed by atoms with Crippen molar-refractivity contribution >= 4 is 0 Å². The van der Waals surface area contributed by atoms with Crippen molar-refractivity contribution in [1.29, 1.82) is 0 Å². The van der Waals surface area contributed by atoms with Crippen molar-refractivity contribution in [1.82, 2.24) is 0 Å². The van der Waals surface area contributed by atoms with E-state index in [0.717, 1.165) is 3.57 Å². The van der Waals surface area contributed by atoms with Crippen LogP contribution in [0.5, 0.6) is 0 Å². The van der Waals surface area contributed by atoms with Gasteiger partial charge in [-0.1, -0.05) is 18.2 Å². The Morgan fingerprint density at radius 1 is 1.08 bits per heavy atom. The fourth-order valence-electron chi connectivity index (χ4n) is 0.609. The van der Waals surface area contributed by atoms with Gasteiger partial charge in [0.05, 0.1) is 5.92 Å². The van der Waals surface area contributed by atoms with Gasteiger partial charge in [-0.05, 0) is 12.1 Å². The van der Waals surface area contributed by atoms with Crippen molar-refractivity contribution in [2.24, 2.45) is 0 Å². The standard InChI is InChI=1S/C9H5F3I/c10-9(11,12)6-7-13-8-4-2-1-3-5-8/h1-5H/q+1. The van der Waals surface area contributed by atoms with Crippen molar-refractivity contribution in [2.45, 2.75) is 6.18 Å². The SMILES string of the molecule is FC(F)(F)C#C[I+]c1ccccc1. The first-order valence-corrected chi connectivity index (χ1v) is 5.51. The molecule has 0 heterocycles. The van der Waals surface area contributed by atoms with E-state index in [1.165, 1.54) is 5.92 Å². The maximum Gasteiger partial charge on any atom is 0.461 e. The molecule has 4 heteroatoms. The van der Waals surface area contributed by atoms with E-state index in [4.69, 9.17) is 0 Å². The summed E-state index contributed by atoms with van der Waals surface area (Å²) in [6.07, 6.45) is -4.35. The molecule has 0 aliphatic rings. The number of rotatable bonds is 1. The topological polar surface area (TPSA) is 0 Å². The molecule has 1 aromatic carbocycles. The molecule has 0 aliphatic heterocycles. The first-order chi connectivity index (χ1) is 6.08. The third kappa shape index (κ3) is 4.78. The highest BCUT2D eigenvalue weighted by molar-refractivity contribution is 5.02. The van der Waals surface area contributed by atoms with Crippen molar-refractivity contribution < 1.29 is 34.4 Å². The van der Waals surface area contributed by atoms with Gasteiger partial charge < -0.3 is 0 Å². The third-order valence-electron chi connectivity index (χ3n) is 1.08. The molecule has 0 aromatic heterocycles. The van der Waals surface area contributed by atoms with E-state index in [1.54, 1.807) is 24.3 Å². The van der Waals surface area contributed by atoms with E-state index in [0.29, 0.717) is 0 Å². The van der Waals surface area contributed by atoms with Gasteiger partial charge in [0.1, 0.15) is 0 Å². The number of alkyl halides is 3. The lowest BCUT2D eigenvalue weighted by Crippen LogP contribution is -3.59. The zero-order valence-corrected chi connectivity index (χ0v) is 8.56. The lowest BCUT2D eigenvalue weighted by Gasteiger charge is -1.88. The zero-order valence-electron chi connectivity index (χ0n) is 6.40.